The first-order valence-corrected chi connectivity index (χ1v) is 8.84. The fourth-order valence-electron chi connectivity index (χ4n) is 2.87. The lowest BCUT2D eigenvalue weighted by Gasteiger charge is -2.26. The first kappa shape index (κ1) is 17.7. The minimum absolute atomic E-state index is 0.0199. The van der Waals surface area contributed by atoms with Crippen LogP contribution in [0.1, 0.15) is 22.3 Å². The summed E-state index contributed by atoms with van der Waals surface area (Å²) >= 11 is 6.03. The summed E-state index contributed by atoms with van der Waals surface area (Å²) < 4.78 is 5.34. The molecule has 2 aromatic rings. The largest absolute Gasteiger partial charge is 0.378 e. The Bertz CT molecular complexity index is 790. The van der Waals surface area contributed by atoms with E-state index in [2.05, 4.69) is 32.0 Å². The van der Waals surface area contributed by atoms with Crippen LogP contribution in [-0.2, 0) is 9.53 Å². The van der Waals surface area contributed by atoms with Crippen molar-refractivity contribution in [3.63, 3.8) is 0 Å². The molecule has 130 valence electrons. The van der Waals surface area contributed by atoms with Crippen molar-refractivity contribution in [1.29, 1.82) is 0 Å². The van der Waals surface area contributed by atoms with E-state index in [0.717, 1.165) is 16.7 Å². The average Bonchev–Trinajstić information content (AvgIpc) is 2.63. The summed E-state index contributed by atoms with van der Waals surface area (Å²) in [6.45, 7) is 6.64. The number of morpholine rings is 1. The van der Waals surface area contributed by atoms with Gasteiger partial charge in [0, 0.05) is 24.2 Å². The highest BCUT2D eigenvalue weighted by Crippen LogP contribution is 2.27. The van der Waals surface area contributed by atoms with Crippen LogP contribution in [0.2, 0.25) is 5.02 Å². The molecule has 1 fully saturated rings. The van der Waals surface area contributed by atoms with Crippen LogP contribution < -0.4 is 0 Å². The summed E-state index contributed by atoms with van der Waals surface area (Å²) in [6, 6.07) is 13.9. The van der Waals surface area contributed by atoms with Gasteiger partial charge in [0.2, 0.25) is 5.91 Å². The predicted octanol–water partition coefficient (Wildman–Crippen LogP) is 4.25. The SMILES string of the molecule is Cc1ccc(C(=CC(=O)N2CCOCC2)c2ccc(Cl)cc2)cc1C. The standard InChI is InChI=1S/C21H22ClNO2/c1-15-3-4-18(13-16(15)2)20(17-5-7-19(22)8-6-17)14-21(24)23-9-11-25-12-10-23/h3-8,13-14H,9-12H2,1-2H3. The molecule has 3 rings (SSSR count). The molecule has 25 heavy (non-hydrogen) atoms. The molecule has 2 aromatic carbocycles. The van der Waals surface area contributed by atoms with Gasteiger partial charge in [0.05, 0.1) is 13.2 Å². The van der Waals surface area contributed by atoms with Crippen LogP contribution in [0, 0.1) is 13.8 Å². The molecule has 0 radical (unpaired) electrons. The fraction of sp³-hybridized carbons (Fsp3) is 0.286. The molecule has 0 N–H and O–H groups in total. The van der Waals surface area contributed by atoms with Gasteiger partial charge in [-0.3, -0.25) is 4.79 Å². The molecule has 1 saturated heterocycles. The summed E-state index contributed by atoms with van der Waals surface area (Å²) in [5.41, 5.74) is 5.37. The van der Waals surface area contributed by atoms with Crippen molar-refractivity contribution >= 4 is 23.1 Å². The van der Waals surface area contributed by atoms with Gasteiger partial charge in [-0.05, 0) is 53.8 Å². The number of aryl methyl sites for hydroxylation is 2. The molecule has 0 unspecified atom stereocenters. The monoisotopic (exact) mass is 355 g/mol. The Kier molecular flexibility index (Phi) is 5.57. The molecule has 0 aromatic heterocycles. The van der Waals surface area contributed by atoms with Crippen molar-refractivity contribution in [2.45, 2.75) is 13.8 Å². The van der Waals surface area contributed by atoms with Gasteiger partial charge < -0.3 is 9.64 Å². The van der Waals surface area contributed by atoms with Gasteiger partial charge in [0.15, 0.2) is 0 Å². The highest BCUT2D eigenvalue weighted by molar-refractivity contribution is 6.30. The minimum atomic E-state index is 0.0199. The normalized spacial score (nSPS) is 15.3. The molecule has 4 heteroatoms. The molecule has 0 aliphatic carbocycles. The molecule has 0 atom stereocenters. The lowest BCUT2D eigenvalue weighted by Crippen LogP contribution is -2.39. The second-order valence-electron chi connectivity index (χ2n) is 6.30. The second-order valence-corrected chi connectivity index (χ2v) is 6.74. The fourth-order valence-corrected chi connectivity index (χ4v) is 3.00. The molecule has 0 bridgehead atoms. The number of nitrogens with zero attached hydrogens (tertiary/aromatic N) is 1. The number of carbonyl (C=O) groups excluding carboxylic acids is 1. The maximum Gasteiger partial charge on any atom is 0.247 e. The summed E-state index contributed by atoms with van der Waals surface area (Å²) in [4.78, 5) is 14.6. The molecule has 1 heterocycles. The molecular formula is C21H22ClNO2. The van der Waals surface area contributed by atoms with Crippen LogP contribution in [0.5, 0.6) is 0 Å². The molecule has 1 aliphatic heterocycles. The van der Waals surface area contributed by atoms with E-state index < -0.39 is 0 Å². The van der Waals surface area contributed by atoms with E-state index >= 15 is 0 Å². The zero-order chi connectivity index (χ0) is 17.8. The Morgan fingerprint density at radius 1 is 1.00 bits per heavy atom. The van der Waals surface area contributed by atoms with E-state index in [1.165, 1.54) is 11.1 Å². The van der Waals surface area contributed by atoms with Gasteiger partial charge in [-0.15, -0.1) is 0 Å². The van der Waals surface area contributed by atoms with Crippen LogP contribution in [0.3, 0.4) is 0 Å². The second kappa shape index (κ2) is 7.85. The Labute approximate surface area is 153 Å². The third-order valence-corrected chi connectivity index (χ3v) is 4.82. The maximum absolute atomic E-state index is 12.7. The summed E-state index contributed by atoms with van der Waals surface area (Å²) in [6.07, 6.45) is 1.73. The van der Waals surface area contributed by atoms with Gasteiger partial charge in [-0.1, -0.05) is 41.9 Å². The van der Waals surface area contributed by atoms with E-state index in [9.17, 15) is 4.79 Å². The Morgan fingerprint density at radius 2 is 1.64 bits per heavy atom. The summed E-state index contributed by atoms with van der Waals surface area (Å²) in [5.74, 6) is 0.0199. The lowest BCUT2D eigenvalue weighted by molar-refractivity contribution is -0.129. The van der Waals surface area contributed by atoms with E-state index in [1.54, 1.807) is 6.08 Å². The number of rotatable bonds is 3. The van der Waals surface area contributed by atoms with Gasteiger partial charge >= 0.3 is 0 Å². The topological polar surface area (TPSA) is 29.5 Å². The highest BCUT2D eigenvalue weighted by Gasteiger charge is 2.17. The van der Waals surface area contributed by atoms with Crippen molar-refractivity contribution in [2.75, 3.05) is 26.3 Å². The zero-order valence-corrected chi connectivity index (χ0v) is 15.3. The predicted molar refractivity (Wildman–Crippen MR) is 102 cm³/mol. The van der Waals surface area contributed by atoms with Crippen LogP contribution in [-0.4, -0.2) is 37.1 Å². The number of hydrogen-bond donors (Lipinski definition) is 0. The number of hydrogen-bond acceptors (Lipinski definition) is 2. The molecule has 1 amide bonds. The molecular weight excluding hydrogens is 334 g/mol. The van der Waals surface area contributed by atoms with Gasteiger partial charge in [0.1, 0.15) is 0 Å². The molecule has 0 spiro atoms. The number of amides is 1. The third kappa shape index (κ3) is 4.30. The number of benzene rings is 2. The lowest BCUT2D eigenvalue weighted by atomic mass is 9.94. The molecule has 0 saturated carbocycles. The summed E-state index contributed by atoms with van der Waals surface area (Å²) in [7, 11) is 0. The van der Waals surface area contributed by atoms with Crippen molar-refractivity contribution in [2.24, 2.45) is 0 Å². The number of carbonyl (C=O) groups is 1. The van der Waals surface area contributed by atoms with Gasteiger partial charge in [-0.2, -0.15) is 0 Å². The third-order valence-electron chi connectivity index (χ3n) is 4.56. The van der Waals surface area contributed by atoms with Crippen molar-refractivity contribution < 1.29 is 9.53 Å². The first-order chi connectivity index (χ1) is 12.0. The first-order valence-electron chi connectivity index (χ1n) is 8.46. The highest BCUT2D eigenvalue weighted by atomic mass is 35.5. The van der Waals surface area contributed by atoms with Crippen LogP contribution in [0.15, 0.2) is 48.5 Å². The Morgan fingerprint density at radius 3 is 2.28 bits per heavy atom. The smallest absolute Gasteiger partial charge is 0.247 e. The van der Waals surface area contributed by atoms with E-state index in [1.807, 2.05) is 29.2 Å². The van der Waals surface area contributed by atoms with E-state index in [4.69, 9.17) is 16.3 Å². The van der Waals surface area contributed by atoms with Gasteiger partial charge in [-0.25, -0.2) is 0 Å². The Hall–Kier alpha value is -2.10. The summed E-state index contributed by atoms with van der Waals surface area (Å²) in [5, 5.41) is 0.683. The van der Waals surface area contributed by atoms with Crippen molar-refractivity contribution in [3.8, 4) is 0 Å². The van der Waals surface area contributed by atoms with Gasteiger partial charge in [0.25, 0.3) is 0 Å². The molecule has 3 nitrogen and oxygen atoms in total. The number of ether oxygens (including phenoxy) is 1. The minimum Gasteiger partial charge on any atom is -0.378 e. The van der Waals surface area contributed by atoms with Crippen LogP contribution in [0.4, 0.5) is 0 Å². The maximum atomic E-state index is 12.7. The number of halogens is 1. The van der Waals surface area contributed by atoms with Crippen molar-refractivity contribution in [1.82, 2.24) is 4.90 Å². The molecule has 1 aliphatic rings. The quantitative estimate of drug-likeness (QED) is 0.770. The zero-order valence-electron chi connectivity index (χ0n) is 14.6. The van der Waals surface area contributed by atoms with Crippen LogP contribution in [0.25, 0.3) is 5.57 Å². The Balaban J connectivity index is 2.01. The van der Waals surface area contributed by atoms with Crippen molar-refractivity contribution in [3.05, 3.63) is 75.8 Å². The van der Waals surface area contributed by atoms with E-state index in [-0.39, 0.29) is 5.91 Å². The van der Waals surface area contributed by atoms with Crippen LogP contribution >= 0.6 is 11.6 Å². The average molecular weight is 356 g/mol. The van der Waals surface area contributed by atoms with E-state index in [0.29, 0.717) is 31.3 Å².